The highest BCUT2D eigenvalue weighted by Crippen LogP contribution is 2.21. The summed E-state index contributed by atoms with van der Waals surface area (Å²) in [7, 11) is 0. The third kappa shape index (κ3) is 3.83. The van der Waals surface area contributed by atoms with Crippen LogP contribution >= 0.6 is 0 Å². The van der Waals surface area contributed by atoms with Gasteiger partial charge < -0.3 is 16.4 Å². The molecule has 1 aromatic carbocycles. The number of halogens is 2. The van der Waals surface area contributed by atoms with E-state index in [4.69, 9.17) is 5.73 Å². The fraction of sp³-hybridized carbons (Fsp3) is 0.294. The number of carbonyl (C=O) groups is 2. The van der Waals surface area contributed by atoms with E-state index in [1.807, 2.05) is 0 Å². The topological polar surface area (TPSA) is 110 Å². The molecule has 1 aromatic heterocycles. The van der Waals surface area contributed by atoms with Crippen LogP contribution in [0.5, 0.6) is 0 Å². The SMILES string of the molecule is NC(=O)c1c(F)cc(-c2ncc(C(=O)NC3CCNCC3)cn2)cc1F. The van der Waals surface area contributed by atoms with Crippen LogP contribution in [0, 0.1) is 11.6 Å². The van der Waals surface area contributed by atoms with Crippen molar-refractivity contribution in [2.24, 2.45) is 5.73 Å². The molecule has 0 spiro atoms. The van der Waals surface area contributed by atoms with Crippen LogP contribution in [0.4, 0.5) is 8.78 Å². The van der Waals surface area contributed by atoms with E-state index in [9.17, 15) is 18.4 Å². The number of carbonyl (C=O) groups excluding carboxylic acids is 2. The van der Waals surface area contributed by atoms with Crippen molar-refractivity contribution in [2.75, 3.05) is 13.1 Å². The van der Waals surface area contributed by atoms with Crippen LogP contribution < -0.4 is 16.4 Å². The number of benzene rings is 1. The lowest BCUT2D eigenvalue weighted by molar-refractivity contribution is 0.0927. The number of hydrogen-bond donors (Lipinski definition) is 3. The molecule has 7 nitrogen and oxygen atoms in total. The molecule has 1 aliphatic rings. The Morgan fingerprint density at radius 2 is 1.69 bits per heavy atom. The molecular formula is C17H17F2N5O2. The first-order valence-corrected chi connectivity index (χ1v) is 8.08. The highest BCUT2D eigenvalue weighted by Gasteiger charge is 2.19. The Hall–Kier alpha value is -2.94. The Morgan fingerprint density at radius 3 is 2.23 bits per heavy atom. The average molecular weight is 361 g/mol. The lowest BCUT2D eigenvalue weighted by Gasteiger charge is -2.23. The van der Waals surface area contributed by atoms with Gasteiger partial charge in [-0.15, -0.1) is 0 Å². The molecule has 2 heterocycles. The normalized spacial score (nSPS) is 14.8. The van der Waals surface area contributed by atoms with Gasteiger partial charge in [-0.3, -0.25) is 9.59 Å². The van der Waals surface area contributed by atoms with Crippen molar-refractivity contribution in [1.29, 1.82) is 0 Å². The molecule has 0 aliphatic carbocycles. The van der Waals surface area contributed by atoms with Crippen LogP contribution in [0.25, 0.3) is 11.4 Å². The van der Waals surface area contributed by atoms with Crippen LogP contribution in [-0.2, 0) is 0 Å². The van der Waals surface area contributed by atoms with E-state index >= 15 is 0 Å². The number of rotatable bonds is 4. The minimum atomic E-state index is -1.20. The fourth-order valence-corrected chi connectivity index (χ4v) is 2.77. The monoisotopic (exact) mass is 361 g/mol. The largest absolute Gasteiger partial charge is 0.365 e. The van der Waals surface area contributed by atoms with Gasteiger partial charge in [0.2, 0.25) is 0 Å². The van der Waals surface area contributed by atoms with Crippen LogP contribution in [0.15, 0.2) is 24.5 Å². The minimum absolute atomic E-state index is 0.0252. The summed E-state index contributed by atoms with van der Waals surface area (Å²) in [5.41, 5.74) is 4.41. The number of nitrogens with one attached hydrogen (secondary N) is 2. The molecule has 136 valence electrons. The van der Waals surface area contributed by atoms with E-state index in [2.05, 4.69) is 20.6 Å². The zero-order valence-corrected chi connectivity index (χ0v) is 13.8. The van der Waals surface area contributed by atoms with Crippen molar-refractivity contribution in [3.05, 3.63) is 47.3 Å². The molecule has 2 aromatic rings. The fourth-order valence-electron chi connectivity index (χ4n) is 2.77. The lowest BCUT2D eigenvalue weighted by atomic mass is 10.1. The van der Waals surface area contributed by atoms with Crippen molar-refractivity contribution in [3.63, 3.8) is 0 Å². The molecule has 0 atom stereocenters. The Morgan fingerprint density at radius 1 is 1.12 bits per heavy atom. The number of nitrogens with zero attached hydrogens (tertiary/aromatic N) is 2. The van der Waals surface area contributed by atoms with E-state index in [0.29, 0.717) is 0 Å². The van der Waals surface area contributed by atoms with Crippen LogP contribution in [0.2, 0.25) is 0 Å². The van der Waals surface area contributed by atoms with Crippen LogP contribution in [0.3, 0.4) is 0 Å². The predicted octanol–water partition coefficient (Wildman–Crippen LogP) is 1.00. The zero-order valence-electron chi connectivity index (χ0n) is 13.8. The van der Waals surface area contributed by atoms with Gasteiger partial charge in [0.05, 0.1) is 5.56 Å². The molecule has 1 aliphatic heterocycles. The van der Waals surface area contributed by atoms with Gasteiger partial charge in [0.1, 0.15) is 17.2 Å². The smallest absolute Gasteiger partial charge is 0.254 e. The summed E-state index contributed by atoms with van der Waals surface area (Å²) < 4.78 is 27.7. The Labute approximate surface area is 148 Å². The van der Waals surface area contributed by atoms with Gasteiger partial charge in [-0.1, -0.05) is 0 Å². The molecular weight excluding hydrogens is 344 g/mol. The summed E-state index contributed by atoms with van der Waals surface area (Å²) in [6.07, 6.45) is 4.26. The highest BCUT2D eigenvalue weighted by atomic mass is 19.1. The van der Waals surface area contributed by atoms with Gasteiger partial charge in [-0.25, -0.2) is 18.7 Å². The molecule has 0 bridgehead atoms. The maximum Gasteiger partial charge on any atom is 0.254 e. The van der Waals surface area contributed by atoms with Crippen LogP contribution in [0.1, 0.15) is 33.6 Å². The zero-order chi connectivity index (χ0) is 18.7. The van der Waals surface area contributed by atoms with Gasteiger partial charge in [-0.05, 0) is 38.1 Å². The molecule has 0 saturated carbocycles. The summed E-state index contributed by atoms with van der Waals surface area (Å²) >= 11 is 0. The summed E-state index contributed by atoms with van der Waals surface area (Å²) in [5, 5.41) is 6.11. The highest BCUT2D eigenvalue weighted by molar-refractivity contribution is 5.94. The number of nitrogens with two attached hydrogens (primary N) is 1. The molecule has 3 rings (SSSR count). The first-order valence-electron chi connectivity index (χ1n) is 8.08. The number of aromatic nitrogens is 2. The standard InChI is InChI=1S/C17H17F2N5O2/c18-12-5-9(6-13(19)14(12)15(20)25)16-22-7-10(8-23-16)17(26)24-11-1-3-21-4-2-11/h5-8,11,21H,1-4H2,(H2,20,25)(H,24,26). The maximum atomic E-state index is 13.8. The van der Waals surface area contributed by atoms with Gasteiger partial charge >= 0.3 is 0 Å². The predicted molar refractivity (Wildman–Crippen MR) is 89.3 cm³/mol. The molecule has 0 radical (unpaired) electrons. The number of amides is 2. The van der Waals surface area contributed by atoms with Crippen molar-refractivity contribution in [2.45, 2.75) is 18.9 Å². The number of piperidine rings is 1. The van der Waals surface area contributed by atoms with Crippen LogP contribution in [-0.4, -0.2) is 40.9 Å². The third-order valence-electron chi connectivity index (χ3n) is 4.14. The number of hydrogen-bond acceptors (Lipinski definition) is 5. The summed E-state index contributed by atoms with van der Waals surface area (Å²) in [4.78, 5) is 31.2. The van der Waals surface area contributed by atoms with E-state index in [1.165, 1.54) is 12.4 Å². The maximum absolute atomic E-state index is 13.8. The van der Waals surface area contributed by atoms with Crippen molar-refractivity contribution in [3.8, 4) is 11.4 Å². The summed E-state index contributed by atoms with van der Waals surface area (Å²) in [5.74, 6) is -3.66. The van der Waals surface area contributed by atoms with E-state index in [0.717, 1.165) is 38.1 Å². The van der Waals surface area contributed by atoms with Gasteiger partial charge in [0, 0.05) is 24.0 Å². The van der Waals surface area contributed by atoms with Crippen molar-refractivity contribution < 1.29 is 18.4 Å². The second-order valence-corrected chi connectivity index (χ2v) is 5.97. The Bertz CT molecular complexity index is 813. The first-order chi connectivity index (χ1) is 12.5. The van der Waals surface area contributed by atoms with Gasteiger partial charge in [0.25, 0.3) is 11.8 Å². The third-order valence-corrected chi connectivity index (χ3v) is 4.14. The quantitative estimate of drug-likeness (QED) is 0.753. The first kappa shape index (κ1) is 17.9. The summed E-state index contributed by atoms with van der Waals surface area (Å²) in [6.45, 7) is 1.69. The second kappa shape index (κ2) is 7.52. The molecule has 0 unspecified atom stereocenters. The molecule has 26 heavy (non-hydrogen) atoms. The Balaban J connectivity index is 1.77. The minimum Gasteiger partial charge on any atom is -0.365 e. The molecule has 1 saturated heterocycles. The molecule has 1 fully saturated rings. The number of primary amides is 1. The van der Waals surface area contributed by atoms with Crippen molar-refractivity contribution in [1.82, 2.24) is 20.6 Å². The Kier molecular flexibility index (Phi) is 5.17. The molecule has 9 heteroatoms. The van der Waals surface area contributed by atoms with E-state index < -0.39 is 23.1 Å². The van der Waals surface area contributed by atoms with Gasteiger partial charge in [-0.2, -0.15) is 0 Å². The van der Waals surface area contributed by atoms with E-state index in [-0.39, 0.29) is 28.9 Å². The molecule has 2 amide bonds. The average Bonchev–Trinajstić information content (AvgIpc) is 2.61. The van der Waals surface area contributed by atoms with Crippen molar-refractivity contribution >= 4 is 11.8 Å². The van der Waals surface area contributed by atoms with E-state index in [1.54, 1.807) is 0 Å². The lowest BCUT2D eigenvalue weighted by Crippen LogP contribution is -2.42. The molecule has 4 N–H and O–H groups in total. The summed E-state index contributed by atoms with van der Waals surface area (Å²) in [6, 6.07) is 1.94. The second-order valence-electron chi connectivity index (χ2n) is 5.97. The van der Waals surface area contributed by atoms with Gasteiger partial charge in [0.15, 0.2) is 5.82 Å².